The Morgan fingerprint density at radius 2 is 2.27 bits per heavy atom. The Morgan fingerprint density at radius 3 is 3.00 bits per heavy atom. The summed E-state index contributed by atoms with van der Waals surface area (Å²) in [7, 11) is 0. The van der Waals surface area contributed by atoms with Crippen molar-refractivity contribution < 1.29 is 0 Å². The van der Waals surface area contributed by atoms with Gasteiger partial charge in [-0.1, -0.05) is 5.21 Å². The number of benzene rings is 1. The van der Waals surface area contributed by atoms with Crippen molar-refractivity contribution in [2.75, 3.05) is 5.73 Å². The first-order chi connectivity index (χ1) is 7.25. The van der Waals surface area contributed by atoms with Gasteiger partial charge in [-0.15, -0.1) is 5.10 Å². The van der Waals surface area contributed by atoms with Gasteiger partial charge < -0.3 is 5.73 Å². The molecule has 78 valence electrons. The Hall–Kier alpha value is -1.10. The lowest BCUT2D eigenvalue weighted by Crippen LogP contribution is -2.01. The minimum atomic E-state index is 0.709. The summed E-state index contributed by atoms with van der Waals surface area (Å²) in [5.74, 6) is 0.797. The second-order valence-corrected chi connectivity index (χ2v) is 4.84. The summed E-state index contributed by atoms with van der Waals surface area (Å²) in [6.45, 7) is 0.979. The van der Waals surface area contributed by atoms with Crippen molar-refractivity contribution in [3.05, 3.63) is 16.6 Å². The summed E-state index contributed by atoms with van der Waals surface area (Å²) < 4.78 is 2.82. The number of halogens is 1. The highest BCUT2D eigenvalue weighted by Crippen LogP contribution is 2.33. The molecule has 1 fully saturated rings. The molecule has 4 nitrogen and oxygen atoms in total. The van der Waals surface area contributed by atoms with Crippen molar-refractivity contribution >= 4 is 32.7 Å². The minimum absolute atomic E-state index is 0.709. The summed E-state index contributed by atoms with van der Waals surface area (Å²) >= 11 is 3.44. The SMILES string of the molecule is Nc1ccc2c(nnn2CC2CC2)c1Br. The van der Waals surface area contributed by atoms with E-state index in [1.54, 1.807) is 0 Å². The van der Waals surface area contributed by atoms with E-state index < -0.39 is 0 Å². The molecule has 0 bridgehead atoms. The molecule has 0 spiro atoms. The fraction of sp³-hybridized carbons (Fsp3) is 0.400. The summed E-state index contributed by atoms with van der Waals surface area (Å²) in [6.07, 6.45) is 2.63. The first-order valence-corrected chi connectivity index (χ1v) is 5.82. The molecule has 0 amide bonds. The number of nitrogens with two attached hydrogens (primary N) is 1. The average molecular weight is 267 g/mol. The molecule has 1 aliphatic rings. The Kier molecular flexibility index (Phi) is 1.95. The van der Waals surface area contributed by atoms with Crippen molar-refractivity contribution in [1.29, 1.82) is 0 Å². The molecule has 1 heterocycles. The lowest BCUT2D eigenvalue weighted by atomic mass is 10.3. The van der Waals surface area contributed by atoms with Crippen LogP contribution < -0.4 is 5.73 Å². The lowest BCUT2D eigenvalue weighted by Gasteiger charge is -2.01. The van der Waals surface area contributed by atoms with Crippen LogP contribution in [0.25, 0.3) is 11.0 Å². The minimum Gasteiger partial charge on any atom is -0.398 e. The van der Waals surface area contributed by atoms with Gasteiger partial charge in [-0.2, -0.15) is 0 Å². The zero-order chi connectivity index (χ0) is 10.4. The predicted molar refractivity (Wildman–Crippen MR) is 62.4 cm³/mol. The molecule has 15 heavy (non-hydrogen) atoms. The molecule has 5 heteroatoms. The Bertz CT molecular complexity index is 515. The Morgan fingerprint density at radius 1 is 1.47 bits per heavy atom. The van der Waals surface area contributed by atoms with Gasteiger partial charge in [-0.25, -0.2) is 4.68 Å². The van der Waals surface area contributed by atoms with Gasteiger partial charge in [0.15, 0.2) is 0 Å². The number of fused-ring (bicyclic) bond motifs is 1. The summed E-state index contributed by atoms with van der Waals surface area (Å²) in [6, 6.07) is 3.87. The number of hydrogen-bond acceptors (Lipinski definition) is 3. The van der Waals surface area contributed by atoms with Crippen molar-refractivity contribution in [3.8, 4) is 0 Å². The van der Waals surface area contributed by atoms with Crippen LogP contribution in [-0.2, 0) is 6.54 Å². The van der Waals surface area contributed by atoms with Gasteiger partial charge in [0, 0.05) is 12.2 Å². The number of anilines is 1. The maximum absolute atomic E-state index is 5.78. The standard InChI is InChI=1S/C10H11BrN4/c11-9-7(12)3-4-8-10(9)13-14-15(8)5-6-1-2-6/h3-4,6H,1-2,5,12H2. The van der Waals surface area contributed by atoms with Gasteiger partial charge in [0.25, 0.3) is 0 Å². The van der Waals surface area contributed by atoms with Crippen LogP contribution in [0.2, 0.25) is 0 Å². The van der Waals surface area contributed by atoms with Gasteiger partial charge in [-0.3, -0.25) is 0 Å². The van der Waals surface area contributed by atoms with Crippen LogP contribution in [0.15, 0.2) is 16.6 Å². The van der Waals surface area contributed by atoms with E-state index in [2.05, 4.69) is 26.2 Å². The molecule has 0 aliphatic heterocycles. The third kappa shape index (κ3) is 1.51. The number of aromatic nitrogens is 3. The van der Waals surface area contributed by atoms with Crippen LogP contribution in [0.5, 0.6) is 0 Å². The van der Waals surface area contributed by atoms with Crippen LogP contribution >= 0.6 is 15.9 Å². The molecule has 3 rings (SSSR count). The Balaban J connectivity index is 2.12. The van der Waals surface area contributed by atoms with Gasteiger partial charge in [0.2, 0.25) is 0 Å². The number of nitrogens with zero attached hydrogens (tertiary/aromatic N) is 3. The highest BCUT2D eigenvalue weighted by atomic mass is 79.9. The lowest BCUT2D eigenvalue weighted by molar-refractivity contribution is 0.559. The van der Waals surface area contributed by atoms with E-state index in [9.17, 15) is 0 Å². The predicted octanol–water partition coefficient (Wildman–Crippen LogP) is 2.19. The fourth-order valence-electron chi connectivity index (χ4n) is 1.70. The van der Waals surface area contributed by atoms with Gasteiger partial charge >= 0.3 is 0 Å². The highest BCUT2D eigenvalue weighted by molar-refractivity contribution is 9.10. The smallest absolute Gasteiger partial charge is 0.129 e. The molecular formula is C10H11BrN4. The van der Waals surface area contributed by atoms with Crippen LogP contribution in [0.1, 0.15) is 12.8 Å². The molecule has 0 saturated heterocycles. The fourth-order valence-corrected chi connectivity index (χ4v) is 2.11. The monoisotopic (exact) mass is 266 g/mol. The van der Waals surface area contributed by atoms with Crippen molar-refractivity contribution in [3.63, 3.8) is 0 Å². The molecule has 1 aromatic heterocycles. The molecule has 2 aromatic rings. The van der Waals surface area contributed by atoms with Gasteiger partial charge in [0.1, 0.15) is 5.52 Å². The second-order valence-electron chi connectivity index (χ2n) is 4.05. The summed E-state index contributed by atoms with van der Waals surface area (Å²) in [5.41, 5.74) is 8.41. The number of hydrogen-bond donors (Lipinski definition) is 1. The zero-order valence-electron chi connectivity index (χ0n) is 8.15. The van der Waals surface area contributed by atoms with Gasteiger partial charge in [-0.05, 0) is 46.8 Å². The third-order valence-corrected chi connectivity index (χ3v) is 3.62. The third-order valence-electron chi connectivity index (χ3n) is 2.78. The molecule has 1 aromatic carbocycles. The average Bonchev–Trinajstić information content (AvgIpc) is 2.93. The van der Waals surface area contributed by atoms with E-state index in [0.717, 1.165) is 28.0 Å². The molecule has 0 atom stereocenters. The molecule has 1 aliphatic carbocycles. The van der Waals surface area contributed by atoms with Crippen LogP contribution in [0.3, 0.4) is 0 Å². The normalized spacial score (nSPS) is 16.1. The van der Waals surface area contributed by atoms with Crippen LogP contribution in [0.4, 0.5) is 5.69 Å². The maximum Gasteiger partial charge on any atom is 0.129 e. The van der Waals surface area contributed by atoms with E-state index in [1.165, 1.54) is 12.8 Å². The first kappa shape index (κ1) is 9.15. The van der Waals surface area contributed by atoms with E-state index in [0.29, 0.717) is 5.69 Å². The molecule has 0 radical (unpaired) electrons. The highest BCUT2D eigenvalue weighted by Gasteiger charge is 2.23. The molecule has 0 unspecified atom stereocenters. The van der Waals surface area contributed by atoms with Crippen molar-refractivity contribution in [2.24, 2.45) is 5.92 Å². The number of nitrogen functional groups attached to an aromatic ring is 1. The van der Waals surface area contributed by atoms with E-state index >= 15 is 0 Å². The van der Waals surface area contributed by atoms with Crippen LogP contribution in [-0.4, -0.2) is 15.0 Å². The van der Waals surface area contributed by atoms with Gasteiger partial charge in [0.05, 0.1) is 9.99 Å². The van der Waals surface area contributed by atoms with E-state index in [4.69, 9.17) is 5.73 Å². The van der Waals surface area contributed by atoms with E-state index in [1.807, 2.05) is 16.8 Å². The zero-order valence-corrected chi connectivity index (χ0v) is 9.74. The van der Waals surface area contributed by atoms with E-state index in [-0.39, 0.29) is 0 Å². The molecule has 1 saturated carbocycles. The summed E-state index contributed by atoms with van der Waals surface area (Å²) in [5, 5.41) is 8.30. The quantitative estimate of drug-likeness (QED) is 0.848. The van der Waals surface area contributed by atoms with Crippen LogP contribution in [0, 0.1) is 5.92 Å². The molecular weight excluding hydrogens is 256 g/mol. The molecule has 2 N–H and O–H groups in total. The van der Waals surface area contributed by atoms with Crippen molar-refractivity contribution in [1.82, 2.24) is 15.0 Å². The number of rotatable bonds is 2. The van der Waals surface area contributed by atoms with Crippen molar-refractivity contribution in [2.45, 2.75) is 19.4 Å². The largest absolute Gasteiger partial charge is 0.398 e. The summed E-state index contributed by atoms with van der Waals surface area (Å²) in [4.78, 5) is 0. The topological polar surface area (TPSA) is 56.7 Å². The maximum atomic E-state index is 5.78. The second kappa shape index (κ2) is 3.20. The Labute approximate surface area is 95.6 Å². The first-order valence-electron chi connectivity index (χ1n) is 5.03.